The van der Waals surface area contributed by atoms with Gasteiger partial charge in [-0.2, -0.15) is 0 Å². The number of carboxylic acids is 1. The van der Waals surface area contributed by atoms with Crippen LogP contribution in [0.15, 0.2) is 0 Å². The molecule has 0 unspecified atom stereocenters. The van der Waals surface area contributed by atoms with E-state index < -0.39 is 18.1 Å². The third-order valence-corrected chi connectivity index (χ3v) is 3.34. The number of alkyl halides is 1. The first-order chi connectivity index (χ1) is 6.71. The second kappa shape index (κ2) is 5.32. The lowest BCUT2D eigenvalue weighted by Crippen LogP contribution is -2.32. The van der Waals surface area contributed by atoms with Crippen LogP contribution < -0.4 is 0 Å². The van der Waals surface area contributed by atoms with Gasteiger partial charge in [0.15, 0.2) is 0 Å². The predicted octanol–water partition coefficient (Wildman–Crippen LogP) is 3.16. The van der Waals surface area contributed by atoms with Crippen molar-refractivity contribution in [1.29, 1.82) is 0 Å². The molecule has 0 aromatic heterocycles. The third kappa shape index (κ3) is 2.69. The van der Waals surface area contributed by atoms with Gasteiger partial charge in [0.25, 0.3) is 0 Å². The van der Waals surface area contributed by atoms with E-state index in [9.17, 15) is 14.3 Å². The van der Waals surface area contributed by atoms with Gasteiger partial charge in [-0.05, 0) is 19.3 Å². The Balaban J connectivity index is 2.65. The van der Waals surface area contributed by atoms with Crippen molar-refractivity contribution < 1.29 is 14.3 Å². The first kappa shape index (κ1) is 11.5. The van der Waals surface area contributed by atoms with E-state index >= 15 is 0 Å². The van der Waals surface area contributed by atoms with Crippen molar-refractivity contribution in [3.63, 3.8) is 0 Å². The lowest BCUT2D eigenvalue weighted by atomic mass is 9.74. The van der Waals surface area contributed by atoms with E-state index in [-0.39, 0.29) is 6.42 Å². The Kier molecular flexibility index (Phi) is 4.36. The molecule has 0 bridgehead atoms. The maximum absolute atomic E-state index is 12.4. The van der Waals surface area contributed by atoms with E-state index in [1.165, 1.54) is 6.42 Å². The molecule has 3 heteroatoms. The van der Waals surface area contributed by atoms with Crippen LogP contribution in [0.25, 0.3) is 0 Å². The van der Waals surface area contributed by atoms with Crippen molar-refractivity contribution in [2.45, 2.75) is 51.4 Å². The Labute approximate surface area is 84.5 Å². The van der Waals surface area contributed by atoms with Gasteiger partial charge in [-0.3, -0.25) is 9.18 Å². The number of carboxylic acid groups (broad SMARTS) is 1. The molecule has 1 rings (SSSR count). The molecule has 0 atom stereocenters. The molecular weight excluding hydrogens is 183 g/mol. The molecule has 0 heterocycles. The topological polar surface area (TPSA) is 37.3 Å². The van der Waals surface area contributed by atoms with E-state index in [1.54, 1.807) is 0 Å². The van der Waals surface area contributed by atoms with Gasteiger partial charge in [-0.25, -0.2) is 0 Å². The largest absolute Gasteiger partial charge is 0.481 e. The quantitative estimate of drug-likeness (QED) is 0.763. The Bertz CT molecular complexity index is 184. The number of hydrogen-bond donors (Lipinski definition) is 1. The van der Waals surface area contributed by atoms with Crippen LogP contribution >= 0.6 is 0 Å². The zero-order chi connectivity index (χ0) is 10.4. The summed E-state index contributed by atoms with van der Waals surface area (Å²) in [4.78, 5) is 11.2. The molecule has 0 saturated heterocycles. The third-order valence-electron chi connectivity index (χ3n) is 3.34. The summed E-state index contributed by atoms with van der Waals surface area (Å²) in [5.74, 6) is -0.794. The fourth-order valence-corrected chi connectivity index (χ4v) is 2.33. The summed E-state index contributed by atoms with van der Waals surface area (Å²) in [6, 6.07) is 0. The smallest absolute Gasteiger partial charge is 0.309 e. The van der Waals surface area contributed by atoms with Crippen LogP contribution in [0.1, 0.15) is 51.4 Å². The molecule has 1 aliphatic rings. The van der Waals surface area contributed by atoms with Gasteiger partial charge in [0.05, 0.1) is 12.1 Å². The van der Waals surface area contributed by atoms with E-state index in [0.29, 0.717) is 12.8 Å². The van der Waals surface area contributed by atoms with Crippen LogP contribution in [0.4, 0.5) is 4.39 Å². The SMILES string of the molecule is O=C(O)C1(CCF)CCCCCCC1. The Morgan fingerprint density at radius 2 is 1.64 bits per heavy atom. The molecule has 0 aromatic carbocycles. The van der Waals surface area contributed by atoms with Crippen molar-refractivity contribution in [3.8, 4) is 0 Å². The van der Waals surface area contributed by atoms with Gasteiger partial charge in [-0.15, -0.1) is 0 Å². The summed E-state index contributed by atoms with van der Waals surface area (Å²) in [5.41, 5.74) is -0.755. The number of hydrogen-bond acceptors (Lipinski definition) is 1. The standard InChI is InChI=1S/C11H19FO2/c12-9-8-11(10(13)14)6-4-2-1-3-5-7-11/h1-9H2,(H,13,14). The summed E-state index contributed by atoms with van der Waals surface area (Å²) >= 11 is 0. The minimum atomic E-state index is -0.794. The summed E-state index contributed by atoms with van der Waals surface area (Å²) in [5, 5.41) is 9.17. The maximum Gasteiger partial charge on any atom is 0.309 e. The molecule has 1 aliphatic carbocycles. The lowest BCUT2D eigenvalue weighted by Gasteiger charge is -2.30. The molecule has 0 aromatic rings. The first-order valence-corrected chi connectivity index (χ1v) is 5.51. The fourth-order valence-electron chi connectivity index (χ4n) is 2.33. The highest BCUT2D eigenvalue weighted by molar-refractivity contribution is 5.74. The highest BCUT2D eigenvalue weighted by atomic mass is 19.1. The van der Waals surface area contributed by atoms with Crippen LogP contribution in [-0.2, 0) is 4.79 Å². The summed E-state index contributed by atoms with van der Waals surface area (Å²) < 4.78 is 12.4. The zero-order valence-electron chi connectivity index (χ0n) is 8.60. The molecular formula is C11H19FO2. The van der Waals surface area contributed by atoms with Gasteiger partial charge in [-0.1, -0.05) is 32.1 Å². The molecule has 0 amide bonds. The number of rotatable bonds is 3. The summed E-state index contributed by atoms with van der Waals surface area (Å²) in [7, 11) is 0. The zero-order valence-corrected chi connectivity index (χ0v) is 8.60. The Morgan fingerprint density at radius 3 is 2.07 bits per heavy atom. The van der Waals surface area contributed by atoms with Gasteiger partial charge in [0.1, 0.15) is 0 Å². The second-order valence-electron chi connectivity index (χ2n) is 4.29. The normalized spacial score (nSPS) is 22.4. The van der Waals surface area contributed by atoms with Crippen molar-refractivity contribution in [3.05, 3.63) is 0 Å². The number of halogens is 1. The highest BCUT2D eigenvalue weighted by Crippen LogP contribution is 2.37. The lowest BCUT2D eigenvalue weighted by molar-refractivity contribution is -0.151. The van der Waals surface area contributed by atoms with Crippen molar-refractivity contribution in [1.82, 2.24) is 0 Å². The van der Waals surface area contributed by atoms with Crippen LogP contribution in [0.5, 0.6) is 0 Å². The summed E-state index contributed by atoms with van der Waals surface area (Å²) in [6.07, 6.45) is 6.79. The molecule has 1 fully saturated rings. The van der Waals surface area contributed by atoms with Crippen molar-refractivity contribution in [2.75, 3.05) is 6.67 Å². The Morgan fingerprint density at radius 1 is 1.14 bits per heavy atom. The Hall–Kier alpha value is -0.600. The molecule has 1 saturated carbocycles. The fraction of sp³-hybridized carbons (Fsp3) is 0.909. The molecule has 1 N–H and O–H groups in total. The van der Waals surface area contributed by atoms with Gasteiger partial charge >= 0.3 is 5.97 Å². The van der Waals surface area contributed by atoms with Gasteiger partial charge < -0.3 is 5.11 Å². The van der Waals surface area contributed by atoms with Crippen LogP contribution in [-0.4, -0.2) is 17.8 Å². The number of carbonyl (C=O) groups is 1. The van der Waals surface area contributed by atoms with Crippen LogP contribution in [0, 0.1) is 5.41 Å². The molecule has 2 nitrogen and oxygen atoms in total. The van der Waals surface area contributed by atoms with Gasteiger partial charge in [0.2, 0.25) is 0 Å². The first-order valence-electron chi connectivity index (χ1n) is 5.51. The minimum Gasteiger partial charge on any atom is -0.481 e. The minimum absolute atomic E-state index is 0.197. The van der Waals surface area contributed by atoms with Crippen molar-refractivity contribution in [2.24, 2.45) is 5.41 Å². The van der Waals surface area contributed by atoms with Crippen LogP contribution in [0.2, 0.25) is 0 Å². The summed E-state index contributed by atoms with van der Waals surface area (Å²) in [6.45, 7) is -0.508. The monoisotopic (exact) mass is 202 g/mol. The molecule has 0 spiro atoms. The highest BCUT2D eigenvalue weighted by Gasteiger charge is 2.37. The van der Waals surface area contributed by atoms with E-state index in [1.807, 2.05) is 0 Å². The second-order valence-corrected chi connectivity index (χ2v) is 4.29. The maximum atomic E-state index is 12.4. The molecule has 0 radical (unpaired) electrons. The van der Waals surface area contributed by atoms with Crippen molar-refractivity contribution >= 4 is 5.97 Å². The number of aliphatic carboxylic acids is 1. The molecule has 82 valence electrons. The van der Waals surface area contributed by atoms with Gasteiger partial charge in [0, 0.05) is 0 Å². The average molecular weight is 202 g/mol. The van der Waals surface area contributed by atoms with E-state index in [4.69, 9.17) is 0 Å². The molecule has 0 aliphatic heterocycles. The van der Waals surface area contributed by atoms with Crippen LogP contribution in [0.3, 0.4) is 0 Å². The average Bonchev–Trinajstić information content (AvgIpc) is 2.09. The predicted molar refractivity (Wildman–Crippen MR) is 53.0 cm³/mol. The van der Waals surface area contributed by atoms with E-state index in [2.05, 4.69) is 0 Å². The van der Waals surface area contributed by atoms with E-state index in [0.717, 1.165) is 25.7 Å². The molecule has 14 heavy (non-hydrogen) atoms.